The number of rotatable bonds is 9. The number of pyridine rings is 1. The van der Waals surface area contributed by atoms with Gasteiger partial charge < -0.3 is 19.5 Å². The number of aromatic nitrogens is 1. The maximum Gasteiger partial charge on any atom is 0.315 e. The molecule has 1 N–H and O–H groups in total. The lowest BCUT2D eigenvalue weighted by Crippen LogP contribution is -2.29. The van der Waals surface area contributed by atoms with E-state index in [-0.39, 0.29) is 31.1 Å². The van der Waals surface area contributed by atoms with Crippen LogP contribution >= 0.6 is 0 Å². The molecular formula is C25H28N2O5. The zero-order valence-electron chi connectivity index (χ0n) is 18.8. The molecule has 0 fully saturated rings. The molecule has 32 heavy (non-hydrogen) atoms. The molecule has 3 aromatic rings. The molecule has 1 unspecified atom stereocenters. The predicted octanol–water partition coefficient (Wildman–Crippen LogP) is 4.94. The molecule has 1 amide bonds. The number of nitrogens with zero attached hydrogens (tertiary/aromatic N) is 1. The second-order valence-electron chi connectivity index (χ2n) is 7.61. The second kappa shape index (κ2) is 10.6. The molecule has 7 nitrogen and oxygen atoms in total. The van der Waals surface area contributed by atoms with Gasteiger partial charge in [-0.05, 0) is 75.7 Å². The number of amides is 1. The van der Waals surface area contributed by atoms with Crippen LogP contribution in [0.25, 0.3) is 10.9 Å². The molecule has 7 heteroatoms. The fourth-order valence-electron chi connectivity index (χ4n) is 3.15. The molecule has 1 atom stereocenters. The van der Waals surface area contributed by atoms with Gasteiger partial charge in [0.1, 0.15) is 17.9 Å². The first-order valence-electron chi connectivity index (χ1n) is 10.6. The summed E-state index contributed by atoms with van der Waals surface area (Å²) in [6.07, 6.45) is -0.180. The Labute approximate surface area is 187 Å². The Morgan fingerprint density at radius 1 is 0.969 bits per heavy atom. The first-order chi connectivity index (χ1) is 15.3. The van der Waals surface area contributed by atoms with E-state index in [0.29, 0.717) is 11.6 Å². The Morgan fingerprint density at radius 2 is 1.69 bits per heavy atom. The van der Waals surface area contributed by atoms with Crippen LogP contribution in [0.4, 0.5) is 0 Å². The Kier molecular flexibility index (Phi) is 7.65. The molecule has 0 aliphatic rings. The molecule has 0 bridgehead atoms. The van der Waals surface area contributed by atoms with Crippen molar-refractivity contribution < 1.29 is 23.8 Å². The smallest absolute Gasteiger partial charge is 0.315 e. The van der Waals surface area contributed by atoms with E-state index in [4.69, 9.17) is 14.2 Å². The van der Waals surface area contributed by atoms with Crippen LogP contribution in [-0.2, 0) is 14.3 Å². The second-order valence-corrected chi connectivity index (χ2v) is 7.61. The van der Waals surface area contributed by atoms with Crippen LogP contribution in [0.5, 0.6) is 17.4 Å². The molecule has 3 rings (SSSR count). The van der Waals surface area contributed by atoms with E-state index in [1.54, 1.807) is 13.0 Å². The fraction of sp³-hybridized carbons (Fsp3) is 0.320. The van der Waals surface area contributed by atoms with Crippen LogP contribution in [0.1, 0.15) is 45.7 Å². The van der Waals surface area contributed by atoms with Gasteiger partial charge in [0.05, 0.1) is 24.3 Å². The minimum Gasteiger partial charge on any atom is -0.491 e. The number of hydrogen-bond donors (Lipinski definition) is 1. The lowest BCUT2D eigenvalue weighted by atomic mass is 10.1. The predicted molar refractivity (Wildman–Crippen MR) is 122 cm³/mol. The Hall–Kier alpha value is -3.61. The molecule has 0 aliphatic carbocycles. The Balaban J connectivity index is 1.65. The van der Waals surface area contributed by atoms with Crippen molar-refractivity contribution in [1.82, 2.24) is 10.3 Å². The van der Waals surface area contributed by atoms with E-state index >= 15 is 0 Å². The van der Waals surface area contributed by atoms with Crippen LogP contribution in [0.2, 0.25) is 0 Å². The summed E-state index contributed by atoms with van der Waals surface area (Å²) in [5.74, 6) is 1.04. The number of carbonyl (C=O) groups is 2. The van der Waals surface area contributed by atoms with Gasteiger partial charge in [-0.1, -0.05) is 6.07 Å². The molecule has 0 spiro atoms. The monoisotopic (exact) mass is 436 g/mol. The topological polar surface area (TPSA) is 86.8 Å². The third kappa shape index (κ3) is 6.44. The number of carbonyl (C=O) groups excluding carboxylic acids is 2. The van der Waals surface area contributed by atoms with Crippen molar-refractivity contribution in [3.05, 3.63) is 60.2 Å². The van der Waals surface area contributed by atoms with Gasteiger partial charge in [0.25, 0.3) is 0 Å². The standard InChI is InChI=1S/C25H28N2O5/c1-5-30-25(29)15-23(28)26-17(4)18-6-12-22-19(14-18)7-13-24(27-22)32-21-10-8-20(9-11-21)31-16(2)3/h6-14,16-17H,5,15H2,1-4H3,(H,26,28). The van der Waals surface area contributed by atoms with Gasteiger partial charge in [-0.15, -0.1) is 0 Å². The first-order valence-corrected chi connectivity index (χ1v) is 10.6. The Morgan fingerprint density at radius 3 is 2.38 bits per heavy atom. The number of nitrogens with one attached hydrogen (secondary N) is 1. The highest BCUT2D eigenvalue weighted by Gasteiger charge is 2.14. The third-order valence-electron chi connectivity index (χ3n) is 4.59. The summed E-state index contributed by atoms with van der Waals surface area (Å²) in [5.41, 5.74) is 1.68. The zero-order chi connectivity index (χ0) is 23.1. The maximum absolute atomic E-state index is 12.0. The maximum atomic E-state index is 12.0. The van der Waals surface area contributed by atoms with Gasteiger partial charge in [0.15, 0.2) is 0 Å². The first kappa shape index (κ1) is 23.1. The van der Waals surface area contributed by atoms with Gasteiger partial charge in [-0.2, -0.15) is 0 Å². The zero-order valence-corrected chi connectivity index (χ0v) is 18.8. The molecule has 1 aromatic heterocycles. The van der Waals surface area contributed by atoms with Gasteiger partial charge in [0, 0.05) is 11.5 Å². The molecule has 0 radical (unpaired) electrons. The summed E-state index contributed by atoms with van der Waals surface area (Å²) < 4.78 is 16.3. The van der Waals surface area contributed by atoms with Crippen molar-refractivity contribution in [2.24, 2.45) is 0 Å². The van der Waals surface area contributed by atoms with Crippen LogP contribution in [0, 0.1) is 0 Å². The van der Waals surface area contributed by atoms with Gasteiger partial charge >= 0.3 is 5.97 Å². The molecule has 168 valence electrons. The van der Waals surface area contributed by atoms with E-state index in [1.807, 2.05) is 69.3 Å². The van der Waals surface area contributed by atoms with Crippen LogP contribution < -0.4 is 14.8 Å². The molecule has 2 aromatic carbocycles. The molecule has 1 heterocycles. The normalized spacial score (nSPS) is 11.8. The van der Waals surface area contributed by atoms with Crippen molar-refractivity contribution in [2.75, 3.05) is 6.61 Å². The van der Waals surface area contributed by atoms with Crippen molar-refractivity contribution in [2.45, 2.75) is 46.3 Å². The lowest BCUT2D eigenvalue weighted by Gasteiger charge is -2.15. The van der Waals surface area contributed by atoms with E-state index in [2.05, 4.69) is 10.3 Å². The third-order valence-corrected chi connectivity index (χ3v) is 4.59. The summed E-state index contributed by atoms with van der Waals surface area (Å²) in [4.78, 5) is 28.0. The van der Waals surface area contributed by atoms with Crippen LogP contribution in [0.15, 0.2) is 54.6 Å². The number of fused-ring (bicyclic) bond motifs is 1. The summed E-state index contributed by atoms with van der Waals surface area (Å²) in [7, 11) is 0. The lowest BCUT2D eigenvalue weighted by molar-refractivity contribution is -0.146. The highest BCUT2D eigenvalue weighted by Crippen LogP contribution is 2.26. The van der Waals surface area contributed by atoms with Crippen molar-refractivity contribution >= 4 is 22.8 Å². The SMILES string of the molecule is CCOC(=O)CC(=O)NC(C)c1ccc2nc(Oc3ccc(OC(C)C)cc3)ccc2c1. The van der Waals surface area contributed by atoms with Gasteiger partial charge in [-0.25, -0.2) is 4.98 Å². The number of ether oxygens (including phenoxy) is 3. The summed E-state index contributed by atoms with van der Waals surface area (Å²) in [6, 6.07) is 16.6. The number of esters is 1. The van der Waals surface area contributed by atoms with E-state index < -0.39 is 5.97 Å². The summed E-state index contributed by atoms with van der Waals surface area (Å²) in [6.45, 7) is 7.78. The number of hydrogen-bond acceptors (Lipinski definition) is 6. The average molecular weight is 437 g/mol. The minimum absolute atomic E-state index is 0.113. The number of benzene rings is 2. The van der Waals surface area contributed by atoms with Crippen LogP contribution in [0.3, 0.4) is 0 Å². The van der Waals surface area contributed by atoms with Crippen molar-refractivity contribution in [3.63, 3.8) is 0 Å². The molecule has 0 saturated heterocycles. The van der Waals surface area contributed by atoms with E-state index in [1.165, 1.54) is 0 Å². The van der Waals surface area contributed by atoms with Gasteiger partial charge in [-0.3, -0.25) is 9.59 Å². The van der Waals surface area contributed by atoms with Crippen molar-refractivity contribution in [1.29, 1.82) is 0 Å². The fourth-order valence-corrected chi connectivity index (χ4v) is 3.15. The quantitative estimate of drug-likeness (QED) is 0.377. The molecular weight excluding hydrogens is 408 g/mol. The van der Waals surface area contributed by atoms with Crippen molar-refractivity contribution in [3.8, 4) is 17.4 Å². The Bertz CT molecular complexity index is 1080. The molecule has 0 aliphatic heterocycles. The van der Waals surface area contributed by atoms with Crippen LogP contribution in [-0.4, -0.2) is 29.6 Å². The molecule has 0 saturated carbocycles. The summed E-state index contributed by atoms with van der Waals surface area (Å²) in [5, 5.41) is 3.73. The highest BCUT2D eigenvalue weighted by atomic mass is 16.5. The average Bonchev–Trinajstić information content (AvgIpc) is 2.74. The van der Waals surface area contributed by atoms with E-state index in [0.717, 1.165) is 22.2 Å². The van der Waals surface area contributed by atoms with Gasteiger partial charge in [0.2, 0.25) is 11.8 Å². The van der Waals surface area contributed by atoms with E-state index in [9.17, 15) is 9.59 Å². The minimum atomic E-state index is -0.533. The highest BCUT2D eigenvalue weighted by molar-refractivity contribution is 5.94. The summed E-state index contributed by atoms with van der Waals surface area (Å²) >= 11 is 0. The largest absolute Gasteiger partial charge is 0.491 e.